The molecule has 3 rings (SSSR count). The summed E-state index contributed by atoms with van der Waals surface area (Å²) in [7, 11) is 0. The molecule has 0 aliphatic carbocycles. The lowest BCUT2D eigenvalue weighted by molar-refractivity contribution is 0.0949. The number of ketones is 1. The Morgan fingerprint density at radius 3 is 2.54 bits per heavy atom. The largest absolute Gasteiger partial charge is 0.324 e. The molecule has 3 N–H and O–H groups in total. The second-order valence-electron chi connectivity index (χ2n) is 8.63. The van der Waals surface area contributed by atoms with Crippen molar-refractivity contribution in [3.8, 4) is 0 Å². The van der Waals surface area contributed by atoms with E-state index in [4.69, 9.17) is 10.7 Å². The van der Waals surface area contributed by atoms with Crippen LogP contribution in [-0.4, -0.2) is 34.6 Å². The van der Waals surface area contributed by atoms with Gasteiger partial charge in [0.2, 0.25) is 0 Å². The molecule has 2 heterocycles. The van der Waals surface area contributed by atoms with Crippen molar-refractivity contribution in [2.75, 3.05) is 6.54 Å². The first-order valence-corrected chi connectivity index (χ1v) is 9.89. The lowest BCUT2D eigenvalue weighted by atomic mass is 9.79. The number of hydrogen-bond donors (Lipinski definition) is 2. The minimum atomic E-state index is -0.344. The van der Waals surface area contributed by atoms with Gasteiger partial charge in [-0.15, -0.1) is 0 Å². The maximum atomic E-state index is 13.4. The molecule has 0 bridgehead atoms. The van der Waals surface area contributed by atoms with E-state index in [1.165, 1.54) is 0 Å². The van der Waals surface area contributed by atoms with E-state index in [1.54, 1.807) is 12.4 Å². The van der Waals surface area contributed by atoms with Crippen molar-refractivity contribution in [3.63, 3.8) is 0 Å². The van der Waals surface area contributed by atoms with Gasteiger partial charge >= 0.3 is 0 Å². The number of aromatic nitrogens is 1. The van der Waals surface area contributed by atoms with Gasteiger partial charge in [0.25, 0.3) is 0 Å². The molecule has 5 nitrogen and oxygen atoms in total. The van der Waals surface area contributed by atoms with Gasteiger partial charge in [-0.1, -0.05) is 44.2 Å². The van der Waals surface area contributed by atoms with Crippen molar-refractivity contribution in [1.29, 1.82) is 0 Å². The third kappa shape index (κ3) is 4.72. The van der Waals surface area contributed by atoms with Crippen LogP contribution in [0.2, 0.25) is 0 Å². The number of rotatable bonds is 7. The molecule has 0 radical (unpaired) electrons. The number of aliphatic imine (C=N–C) groups is 1. The molecule has 0 spiro atoms. The van der Waals surface area contributed by atoms with Crippen LogP contribution >= 0.6 is 0 Å². The fourth-order valence-electron chi connectivity index (χ4n) is 3.60. The number of hydrogen-bond acceptors (Lipinski definition) is 5. The zero-order valence-corrected chi connectivity index (χ0v) is 17.1. The van der Waals surface area contributed by atoms with Crippen molar-refractivity contribution in [2.45, 2.75) is 45.7 Å². The summed E-state index contributed by atoms with van der Waals surface area (Å²) in [4.78, 5) is 22.5. The molecule has 1 aromatic carbocycles. The number of nitrogens with one attached hydrogen (secondary N) is 1. The summed E-state index contributed by atoms with van der Waals surface area (Å²) >= 11 is 0. The number of pyridine rings is 1. The molecule has 1 aromatic heterocycles. The molecular formula is C23H30N4O. The third-order valence-corrected chi connectivity index (χ3v) is 5.03. The first-order valence-electron chi connectivity index (χ1n) is 9.89. The van der Waals surface area contributed by atoms with Gasteiger partial charge in [0, 0.05) is 36.2 Å². The van der Waals surface area contributed by atoms with Gasteiger partial charge in [-0.3, -0.25) is 14.8 Å². The van der Waals surface area contributed by atoms with E-state index in [2.05, 4.69) is 36.3 Å². The Bertz CT molecular complexity index is 852. The zero-order chi connectivity index (χ0) is 20.3. The maximum Gasteiger partial charge on any atom is 0.175 e. The summed E-state index contributed by atoms with van der Waals surface area (Å²) in [6, 6.07) is 11.9. The van der Waals surface area contributed by atoms with E-state index in [0.29, 0.717) is 24.2 Å². The lowest BCUT2D eigenvalue weighted by Crippen LogP contribution is -2.53. The van der Waals surface area contributed by atoms with Crippen LogP contribution in [0.25, 0.3) is 0 Å². The van der Waals surface area contributed by atoms with E-state index < -0.39 is 0 Å². The number of carbonyl (C=O) groups excluding carboxylic acids is 1. The fraction of sp³-hybridized carbons (Fsp3) is 0.435. The zero-order valence-electron chi connectivity index (χ0n) is 17.1. The van der Waals surface area contributed by atoms with Gasteiger partial charge in [-0.05, 0) is 37.8 Å². The molecule has 0 saturated heterocycles. The summed E-state index contributed by atoms with van der Waals surface area (Å²) in [5.41, 5.74) is 9.19. The highest BCUT2D eigenvalue weighted by atomic mass is 16.1. The van der Waals surface area contributed by atoms with Crippen LogP contribution in [0.4, 0.5) is 5.69 Å². The smallest absolute Gasteiger partial charge is 0.175 e. The van der Waals surface area contributed by atoms with Crippen LogP contribution in [-0.2, 0) is 6.42 Å². The molecule has 2 unspecified atom stereocenters. The fourth-order valence-corrected chi connectivity index (χ4v) is 3.60. The number of nitrogens with two attached hydrogens (primary N) is 1. The van der Waals surface area contributed by atoms with Gasteiger partial charge in [0.05, 0.1) is 17.2 Å². The van der Waals surface area contributed by atoms with Crippen LogP contribution in [0.1, 0.15) is 43.6 Å². The summed E-state index contributed by atoms with van der Waals surface area (Å²) in [5, 5.41) is 3.57. The van der Waals surface area contributed by atoms with E-state index in [-0.39, 0.29) is 29.2 Å². The Kier molecular flexibility index (Phi) is 6.06. The first kappa shape index (κ1) is 20.4. The molecular weight excluding hydrogens is 348 g/mol. The first-order chi connectivity index (χ1) is 13.3. The van der Waals surface area contributed by atoms with Crippen LogP contribution in [0.5, 0.6) is 0 Å². The molecule has 2 aromatic rings. The predicted octanol–water partition coefficient (Wildman–Crippen LogP) is 3.56. The summed E-state index contributed by atoms with van der Waals surface area (Å²) in [5.74, 6) is 0.0619. The number of carbonyl (C=O) groups is 1. The topological polar surface area (TPSA) is 80.4 Å². The average Bonchev–Trinajstić information content (AvgIpc) is 2.64. The Hall–Kier alpha value is -2.37. The van der Waals surface area contributed by atoms with Crippen LogP contribution < -0.4 is 11.1 Å². The number of Topliss-reactive ketones (excluding diaryl/α,β-unsaturated/α-hetero) is 1. The molecule has 5 heteroatoms. The van der Waals surface area contributed by atoms with E-state index >= 15 is 0 Å². The Balaban J connectivity index is 2.01. The summed E-state index contributed by atoms with van der Waals surface area (Å²) in [6.07, 6.45) is 3.95. The molecule has 0 amide bonds. The third-order valence-electron chi connectivity index (χ3n) is 5.03. The lowest BCUT2D eigenvalue weighted by Gasteiger charge is -2.34. The number of fused-ring (bicyclic) bond motifs is 1. The Morgan fingerprint density at radius 1 is 1.18 bits per heavy atom. The van der Waals surface area contributed by atoms with Gasteiger partial charge in [0.15, 0.2) is 5.78 Å². The van der Waals surface area contributed by atoms with Crippen molar-refractivity contribution < 1.29 is 4.79 Å². The molecule has 1 aliphatic rings. The highest BCUT2D eigenvalue weighted by molar-refractivity contribution is 6.19. The molecule has 0 fully saturated rings. The van der Waals surface area contributed by atoms with E-state index in [1.807, 2.05) is 38.1 Å². The predicted molar refractivity (Wildman–Crippen MR) is 114 cm³/mol. The standard InChI is InChI=1S/C23H30N4O/c1-15(2)20(26-14-23(3,4)24)21-17(12-16-8-6-5-7-9-16)22(28)18-13-25-11-10-19(18)27-21/h5-11,13,15,17,20,26H,12,14,24H2,1-4H3. The minimum Gasteiger partial charge on any atom is -0.324 e. The van der Waals surface area contributed by atoms with Crippen molar-refractivity contribution in [3.05, 3.63) is 59.9 Å². The average molecular weight is 379 g/mol. The quantitative estimate of drug-likeness (QED) is 0.772. The molecule has 0 saturated carbocycles. The highest BCUT2D eigenvalue weighted by Crippen LogP contribution is 2.32. The van der Waals surface area contributed by atoms with Gasteiger partial charge in [0.1, 0.15) is 0 Å². The van der Waals surface area contributed by atoms with E-state index in [9.17, 15) is 4.79 Å². The van der Waals surface area contributed by atoms with Crippen molar-refractivity contribution in [2.24, 2.45) is 22.6 Å². The highest BCUT2D eigenvalue weighted by Gasteiger charge is 2.37. The second kappa shape index (κ2) is 8.33. The van der Waals surface area contributed by atoms with Crippen molar-refractivity contribution in [1.82, 2.24) is 10.3 Å². The summed E-state index contributed by atoms with van der Waals surface area (Å²) in [6.45, 7) is 8.93. The van der Waals surface area contributed by atoms with Crippen molar-refractivity contribution >= 4 is 17.2 Å². The second-order valence-corrected chi connectivity index (χ2v) is 8.63. The van der Waals surface area contributed by atoms with Crippen LogP contribution in [0.15, 0.2) is 53.8 Å². The van der Waals surface area contributed by atoms with E-state index in [0.717, 1.165) is 11.3 Å². The number of nitrogens with zero attached hydrogens (tertiary/aromatic N) is 2. The van der Waals surface area contributed by atoms with Gasteiger partial charge < -0.3 is 11.1 Å². The molecule has 2 atom stereocenters. The van der Waals surface area contributed by atoms with Gasteiger partial charge in [-0.2, -0.15) is 0 Å². The Labute approximate surface area is 167 Å². The maximum absolute atomic E-state index is 13.4. The summed E-state index contributed by atoms with van der Waals surface area (Å²) < 4.78 is 0. The van der Waals surface area contributed by atoms with Crippen LogP contribution in [0.3, 0.4) is 0 Å². The normalized spacial score (nSPS) is 18.0. The molecule has 148 valence electrons. The Morgan fingerprint density at radius 2 is 1.89 bits per heavy atom. The van der Waals surface area contributed by atoms with Gasteiger partial charge in [-0.25, -0.2) is 0 Å². The number of benzene rings is 1. The minimum absolute atomic E-state index is 0.0261. The van der Waals surface area contributed by atoms with Crippen LogP contribution in [0, 0.1) is 11.8 Å². The SMILES string of the molecule is CC(C)C(NCC(C)(C)N)C1=Nc2ccncc2C(=O)C1Cc1ccccc1. The molecule has 1 aliphatic heterocycles. The monoisotopic (exact) mass is 378 g/mol. The molecule has 28 heavy (non-hydrogen) atoms.